The Morgan fingerprint density at radius 3 is 2.81 bits per heavy atom. The summed E-state index contributed by atoms with van der Waals surface area (Å²) in [7, 11) is 0. The van der Waals surface area contributed by atoms with E-state index in [1.54, 1.807) is 19.9 Å². The van der Waals surface area contributed by atoms with Gasteiger partial charge >= 0.3 is 5.97 Å². The van der Waals surface area contributed by atoms with Crippen molar-refractivity contribution in [1.82, 2.24) is 9.97 Å². The van der Waals surface area contributed by atoms with Crippen LogP contribution in [0.1, 0.15) is 33.5 Å². The van der Waals surface area contributed by atoms with Crippen molar-refractivity contribution in [2.24, 2.45) is 0 Å². The van der Waals surface area contributed by atoms with Crippen molar-refractivity contribution in [1.29, 1.82) is 0 Å². The predicted octanol–water partition coefficient (Wildman–Crippen LogP) is 3.94. The van der Waals surface area contributed by atoms with Crippen molar-refractivity contribution in [3.63, 3.8) is 0 Å². The first-order chi connectivity index (χ1) is 12.4. The van der Waals surface area contributed by atoms with E-state index in [1.165, 1.54) is 23.5 Å². The Labute approximate surface area is 153 Å². The third-order valence-corrected chi connectivity index (χ3v) is 5.00. The van der Waals surface area contributed by atoms with Crippen molar-refractivity contribution in [3.05, 3.63) is 45.8 Å². The molecule has 8 heteroatoms. The third-order valence-electron chi connectivity index (χ3n) is 3.83. The topological polar surface area (TPSA) is 84.3 Å². The number of rotatable bonds is 5. The maximum absolute atomic E-state index is 13.5. The molecule has 3 aromatic rings. The van der Waals surface area contributed by atoms with Crippen molar-refractivity contribution in [3.8, 4) is 5.75 Å². The van der Waals surface area contributed by atoms with Gasteiger partial charge in [-0.2, -0.15) is 0 Å². The normalized spacial score (nSPS) is 10.9. The molecule has 0 aliphatic rings. The number of benzene rings is 1. The maximum atomic E-state index is 13.5. The Morgan fingerprint density at radius 2 is 2.12 bits per heavy atom. The van der Waals surface area contributed by atoms with Crippen LogP contribution >= 0.6 is 11.3 Å². The molecule has 0 unspecified atom stereocenters. The summed E-state index contributed by atoms with van der Waals surface area (Å²) in [5.41, 5.74) is 1.41. The van der Waals surface area contributed by atoms with Crippen LogP contribution in [0.25, 0.3) is 10.2 Å². The molecule has 2 aromatic heterocycles. The number of aromatic hydroxyl groups is 1. The van der Waals surface area contributed by atoms with Crippen LogP contribution in [0, 0.1) is 19.7 Å². The highest BCUT2D eigenvalue weighted by molar-refractivity contribution is 7.20. The van der Waals surface area contributed by atoms with Gasteiger partial charge in [0.05, 0.1) is 12.0 Å². The molecular weight excluding hydrogens is 357 g/mol. The Hall–Kier alpha value is -2.74. The SMILES string of the molecule is CCOC(=O)c1sc2nc(C)nc(NCc3ccc(O)c(F)c3)c2c1C. The molecule has 0 radical (unpaired) electrons. The zero-order chi connectivity index (χ0) is 18.8. The molecule has 0 saturated heterocycles. The summed E-state index contributed by atoms with van der Waals surface area (Å²) in [4.78, 5) is 22.2. The van der Waals surface area contributed by atoms with E-state index in [0.29, 0.717) is 40.1 Å². The fraction of sp³-hybridized carbons (Fsp3) is 0.278. The van der Waals surface area contributed by atoms with Gasteiger partial charge in [-0.05, 0) is 44.0 Å². The molecule has 136 valence electrons. The van der Waals surface area contributed by atoms with Crippen molar-refractivity contribution in [2.75, 3.05) is 11.9 Å². The van der Waals surface area contributed by atoms with Gasteiger partial charge in [0, 0.05) is 6.54 Å². The number of nitrogens with zero attached hydrogens (tertiary/aromatic N) is 2. The van der Waals surface area contributed by atoms with E-state index in [9.17, 15) is 14.3 Å². The smallest absolute Gasteiger partial charge is 0.348 e. The standard InChI is InChI=1S/C18H18FN3O3S/c1-4-25-18(24)15-9(2)14-16(21-10(3)22-17(14)26-15)20-8-11-5-6-13(23)12(19)7-11/h5-7,23H,4,8H2,1-3H3,(H,20,21,22). The lowest BCUT2D eigenvalue weighted by Crippen LogP contribution is -2.05. The molecule has 3 rings (SSSR count). The third kappa shape index (κ3) is 3.45. The number of aromatic nitrogens is 2. The number of carbonyl (C=O) groups is 1. The molecular formula is C18H18FN3O3S. The summed E-state index contributed by atoms with van der Waals surface area (Å²) in [6.45, 7) is 5.97. The number of carbonyl (C=O) groups excluding carboxylic acids is 1. The van der Waals surface area contributed by atoms with Gasteiger partial charge in [0.15, 0.2) is 11.6 Å². The quantitative estimate of drug-likeness (QED) is 0.657. The Kier molecular flexibility index (Phi) is 5.03. The minimum absolute atomic E-state index is 0.300. The van der Waals surface area contributed by atoms with Gasteiger partial charge in [-0.15, -0.1) is 11.3 Å². The van der Waals surface area contributed by atoms with Crippen LogP contribution in [-0.4, -0.2) is 27.7 Å². The number of fused-ring (bicyclic) bond motifs is 1. The summed E-state index contributed by atoms with van der Waals surface area (Å²) in [6, 6.07) is 4.20. The maximum Gasteiger partial charge on any atom is 0.348 e. The number of thiophene rings is 1. The lowest BCUT2D eigenvalue weighted by Gasteiger charge is -2.09. The molecule has 0 amide bonds. The fourth-order valence-electron chi connectivity index (χ4n) is 2.61. The minimum Gasteiger partial charge on any atom is -0.505 e. The minimum atomic E-state index is -0.676. The van der Waals surface area contributed by atoms with Crippen LogP contribution in [0.5, 0.6) is 5.75 Å². The highest BCUT2D eigenvalue weighted by Gasteiger charge is 2.20. The van der Waals surface area contributed by atoms with Gasteiger partial charge in [-0.1, -0.05) is 6.07 Å². The summed E-state index contributed by atoms with van der Waals surface area (Å²) < 4.78 is 18.6. The molecule has 0 saturated carbocycles. The second kappa shape index (κ2) is 7.25. The van der Waals surface area contributed by atoms with E-state index in [4.69, 9.17) is 4.74 Å². The number of halogens is 1. The monoisotopic (exact) mass is 375 g/mol. The van der Waals surface area contributed by atoms with Crippen molar-refractivity contribution < 1.29 is 19.0 Å². The molecule has 0 fully saturated rings. The Balaban J connectivity index is 1.96. The molecule has 2 heterocycles. The summed E-state index contributed by atoms with van der Waals surface area (Å²) >= 11 is 1.27. The van der Waals surface area contributed by atoms with Gasteiger partial charge in [-0.25, -0.2) is 19.2 Å². The molecule has 0 atom stereocenters. The fourth-order valence-corrected chi connectivity index (χ4v) is 3.73. The highest BCUT2D eigenvalue weighted by atomic mass is 32.1. The van der Waals surface area contributed by atoms with Gasteiger partial charge in [0.2, 0.25) is 0 Å². The molecule has 0 bridgehead atoms. The van der Waals surface area contributed by atoms with Crippen LogP contribution in [0.2, 0.25) is 0 Å². The Bertz CT molecular complexity index is 987. The van der Waals surface area contributed by atoms with Gasteiger partial charge in [0.25, 0.3) is 0 Å². The van der Waals surface area contributed by atoms with Crippen LogP contribution in [0.15, 0.2) is 18.2 Å². The van der Waals surface area contributed by atoms with Crippen molar-refractivity contribution in [2.45, 2.75) is 27.3 Å². The largest absolute Gasteiger partial charge is 0.505 e. The number of hydrogen-bond donors (Lipinski definition) is 2. The first-order valence-electron chi connectivity index (χ1n) is 8.06. The average Bonchev–Trinajstić information content (AvgIpc) is 2.92. The zero-order valence-corrected chi connectivity index (χ0v) is 15.4. The number of phenols is 1. The molecule has 0 spiro atoms. The first-order valence-corrected chi connectivity index (χ1v) is 8.88. The number of anilines is 1. The Morgan fingerprint density at radius 1 is 1.35 bits per heavy atom. The van der Waals surface area contributed by atoms with E-state index in [-0.39, 0.29) is 11.7 Å². The highest BCUT2D eigenvalue weighted by Crippen LogP contribution is 2.34. The van der Waals surface area contributed by atoms with Gasteiger partial charge < -0.3 is 15.2 Å². The number of nitrogens with one attached hydrogen (secondary N) is 1. The number of ether oxygens (including phenoxy) is 1. The molecule has 2 N–H and O–H groups in total. The second-order valence-electron chi connectivity index (χ2n) is 5.72. The van der Waals surface area contributed by atoms with Gasteiger partial charge in [0.1, 0.15) is 21.3 Å². The van der Waals surface area contributed by atoms with Crippen LogP contribution < -0.4 is 5.32 Å². The van der Waals surface area contributed by atoms with E-state index in [2.05, 4.69) is 15.3 Å². The summed E-state index contributed by atoms with van der Waals surface area (Å²) in [5.74, 6) is -0.303. The molecule has 0 aliphatic carbocycles. The van der Waals surface area contributed by atoms with E-state index >= 15 is 0 Å². The van der Waals surface area contributed by atoms with Crippen molar-refractivity contribution >= 4 is 33.3 Å². The second-order valence-corrected chi connectivity index (χ2v) is 6.71. The number of esters is 1. The number of phenolic OH excluding ortho intramolecular Hbond substituents is 1. The lowest BCUT2D eigenvalue weighted by atomic mass is 10.2. The van der Waals surface area contributed by atoms with Crippen LogP contribution in [-0.2, 0) is 11.3 Å². The average molecular weight is 375 g/mol. The molecule has 1 aromatic carbocycles. The summed E-state index contributed by atoms with van der Waals surface area (Å²) in [6.07, 6.45) is 0. The lowest BCUT2D eigenvalue weighted by molar-refractivity contribution is 0.0531. The molecule has 6 nitrogen and oxygen atoms in total. The predicted molar refractivity (Wildman–Crippen MR) is 98.2 cm³/mol. The number of aryl methyl sites for hydroxylation is 2. The molecule has 0 aliphatic heterocycles. The van der Waals surface area contributed by atoms with E-state index in [1.807, 2.05) is 6.92 Å². The van der Waals surface area contributed by atoms with Crippen LogP contribution in [0.3, 0.4) is 0 Å². The first kappa shape index (κ1) is 18.1. The van der Waals surface area contributed by atoms with Crippen LogP contribution in [0.4, 0.5) is 10.2 Å². The zero-order valence-electron chi connectivity index (χ0n) is 14.6. The molecule has 26 heavy (non-hydrogen) atoms. The summed E-state index contributed by atoms with van der Waals surface area (Å²) in [5, 5.41) is 13.2. The van der Waals surface area contributed by atoms with Gasteiger partial charge in [-0.3, -0.25) is 0 Å². The van der Waals surface area contributed by atoms with E-state index < -0.39 is 5.82 Å². The van der Waals surface area contributed by atoms with E-state index in [0.717, 1.165) is 10.9 Å². The number of hydrogen-bond acceptors (Lipinski definition) is 7.